The van der Waals surface area contributed by atoms with Gasteiger partial charge in [-0.3, -0.25) is 9.59 Å². The Morgan fingerprint density at radius 3 is 2.53 bits per heavy atom. The molecule has 1 aliphatic rings. The molecule has 32 heavy (non-hydrogen) atoms. The number of aryl methyl sites for hydroxylation is 1. The summed E-state index contributed by atoms with van der Waals surface area (Å²) in [5.41, 5.74) is 15.5. The molecule has 7 nitrogen and oxygen atoms in total. The number of carbonyl (C=O) groups excluding carboxylic acids is 2. The topological polar surface area (TPSA) is 115 Å². The Hall–Kier alpha value is -3.74. The van der Waals surface area contributed by atoms with E-state index >= 15 is 0 Å². The number of amides is 2. The molecule has 164 valence electrons. The third-order valence-electron chi connectivity index (χ3n) is 5.95. The highest BCUT2D eigenvalue weighted by Gasteiger charge is 2.28. The molecule has 2 heterocycles. The summed E-state index contributed by atoms with van der Waals surface area (Å²) >= 11 is 0. The average molecular weight is 430 g/mol. The van der Waals surface area contributed by atoms with Crippen molar-refractivity contribution in [3.05, 3.63) is 77.6 Å². The normalized spacial score (nSPS) is 16.0. The molecule has 0 saturated carbocycles. The second kappa shape index (κ2) is 9.60. The number of rotatable bonds is 6. The van der Waals surface area contributed by atoms with Gasteiger partial charge in [0.1, 0.15) is 0 Å². The van der Waals surface area contributed by atoms with Crippen LogP contribution in [0.15, 0.2) is 60.8 Å². The van der Waals surface area contributed by atoms with E-state index in [0.29, 0.717) is 18.5 Å². The van der Waals surface area contributed by atoms with Crippen molar-refractivity contribution >= 4 is 17.8 Å². The number of carbonyl (C=O) groups is 2. The maximum absolute atomic E-state index is 12.9. The van der Waals surface area contributed by atoms with E-state index in [1.54, 1.807) is 18.3 Å². The van der Waals surface area contributed by atoms with Crippen LogP contribution in [0, 0.1) is 0 Å². The first kappa shape index (κ1) is 21.5. The third kappa shape index (κ3) is 4.94. The number of anilines is 1. The van der Waals surface area contributed by atoms with Crippen LogP contribution in [0.4, 0.5) is 5.95 Å². The molecule has 1 fully saturated rings. The van der Waals surface area contributed by atoms with Crippen molar-refractivity contribution in [3.63, 3.8) is 0 Å². The summed E-state index contributed by atoms with van der Waals surface area (Å²) in [6.07, 6.45) is 4.77. The van der Waals surface area contributed by atoms with E-state index in [-0.39, 0.29) is 17.8 Å². The summed E-state index contributed by atoms with van der Waals surface area (Å²) in [5.74, 6) is -0.0271. The van der Waals surface area contributed by atoms with Crippen molar-refractivity contribution in [2.75, 3.05) is 18.8 Å². The number of benzene rings is 2. The second-order valence-electron chi connectivity index (χ2n) is 8.13. The largest absolute Gasteiger partial charge is 0.368 e. The van der Waals surface area contributed by atoms with Gasteiger partial charge in [-0.05, 0) is 42.5 Å². The van der Waals surface area contributed by atoms with Gasteiger partial charge in [-0.15, -0.1) is 0 Å². The van der Waals surface area contributed by atoms with Crippen LogP contribution >= 0.6 is 0 Å². The van der Waals surface area contributed by atoms with Crippen LogP contribution in [0.5, 0.6) is 0 Å². The van der Waals surface area contributed by atoms with Crippen molar-refractivity contribution < 1.29 is 9.59 Å². The number of aromatic nitrogens is 2. The number of nitrogens with zero attached hydrogens (tertiary/aromatic N) is 3. The molecule has 0 bridgehead atoms. The first-order valence-corrected chi connectivity index (χ1v) is 10.9. The number of primary amides is 1. The third-order valence-corrected chi connectivity index (χ3v) is 5.95. The van der Waals surface area contributed by atoms with Gasteiger partial charge in [0.05, 0.1) is 5.69 Å². The Morgan fingerprint density at radius 2 is 1.81 bits per heavy atom. The molecule has 4 rings (SSSR count). The van der Waals surface area contributed by atoms with Crippen molar-refractivity contribution in [1.29, 1.82) is 0 Å². The summed E-state index contributed by atoms with van der Waals surface area (Å²) in [5, 5.41) is 0. The van der Waals surface area contributed by atoms with Crippen LogP contribution < -0.4 is 11.5 Å². The number of nitrogens with two attached hydrogens (primary N) is 2. The summed E-state index contributed by atoms with van der Waals surface area (Å²) in [7, 11) is 0. The number of nitrogen functional groups attached to an aromatic ring is 1. The molecular weight excluding hydrogens is 402 g/mol. The molecule has 7 heteroatoms. The minimum Gasteiger partial charge on any atom is -0.368 e. The van der Waals surface area contributed by atoms with E-state index in [9.17, 15) is 9.59 Å². The summed E-state index contributed by atoms with van der Waals surface area (Å²) < 4.78 is 0. The molecule has 1 unspecified atom stereocenters. The summed E-state index contributed by atoms with van der Waals surface area (Å²) in [6, 6.07) is 17.1. The van der Waals surface area contributed by atoms with Gasteiger partial charge >= 0.3 is 0 Å². The van der Waals surface area contributed by atoms with E-state index in [1.807, 2.05) is 47.4 Å². The SMILES string of the molecule is NC(=O)c1ccc(-c2cnc(N)nc2C2CCCN(C(=O)CCc3ccccc3)C2)cc1. The minimum atomic E-state index is -0.470. The highest BCUT2D eigenvalue weighted by atomic mass is 16.2. The van der Waals surface area contributed by atoms with Crippen LogP contribution in [0.1, 0.15) is 46.8 Å². The molecule has 2 aromatic carbocycles. The van der Waals surface area contributed by atoms with Gasteiger partial charge < -0.3 is 16.4 Å². The van der Waals surface area contributed by atoms with Crippen LogP contribution in [0.3, 0.4) is 0 Å². The van der Waals surface area contributed by atoms with Crippen molar-refractivity contribution in [2.45, 2.75) is 31.6 Å². The Labute approximate surface area is 187 Å². The maximum Gasteiger partial charge on any atom is 0.248 e. The first-order chi connectivity index (χ1) is 15.5. The second-order valence-corrected chi connectivity index (χ2v) is 8.13. The Bertz CT molecular complexity index is 1100. The number of likely N-dealkylation sites (tertiary alicyclic amines) is 1. The highest BCUT2D eigenvalue weighted by Crippen LogP contribution is 2.33. The van der Waals surface area contributed by atoms with Gasteiger partial charge in [-0.1, -0.05) is 42.5 Å². The van der Waals surface area contributed by atoms with E-state index in [2.05, 4.69) is 9.97 Å². The lowest BCUT2D eigenvalue weighted by molar-refractivity contribution is -0.132. The van der Waals surface area contributed by atoms with Gasteiger partial charge in [0.15, 0.2) is 0 Å². The lowest BCUT2D eigenvalue weighted by atomic mass is 9.89. The van der Waals surface area contributed by atoms with Crippen molar-refractivity contribution in [1.82, 2.24) is 14.9 Å². The fraction of sp³-hybridized carbons (Fsp3) is 0.280. The zero-order valence-corrected chi connectivity index (χ0v) is 17.9. The molecule has 3 aromatic rings. The zero-order chi connectivity index (χ0) is 22.5. The summed E-state index contributed by atoms with van der Waals surface area (Å²) in [6.45, 7) is 1.36. The van der Waals surface area contributed by atoms with Gasteiger partial charge in [-0.2, -0.15) is 0 Å². The van der Waals surface area contributed by atoms with Crippen molar-refractivity contribution in [2.24, 2.45) is 5.73 Å². The maximum atomic E-state index is 12.9. The molecule has 1 atom stereocenters. The van der Waals surface area contributed by atoms with Gasteiger partial charge in [0.2, 0.25) is 17.8 Å². The lowest BCUT2D eigenvalue weighted by Gasteiger charge is -2.33. The van der Waals surface area contributed by atoms with E-state index in [0.717, 1.165) is 42.6 Å². The van der Waals surface area contributed by atoms with Gasteiger partial charge in [0.25, 0.3) is 0 Å². The fourth-order valence-corrected chi connectivity index (χ4v) is 4.24. The Morgan fingerprint density at radius 1 is 1.06 bits per heavy atom. The molecule has 0 aliphatic carbocycles. The quantitative estimate of drug-likeness (QED) is 0.624. The smallest absolute Gasteiger partial charge is 0.248 e. The summed E-state index contributed by atoms with van der Waals surface area (Å²) in [4.78, 5) is 35.0. The average Bonchev–Trinajstić information content (AvgIpc) is 2.83. The molecule has 1 aliphatic heterocycles. The van der Waals surface area contributed by atoms with Crippen LogP contribution in [-0.4, -0.2) is 39.8 Å². The standard InChI is InChI=1S/C25H27N5O2/c26-24(32)19-11-9-18(10-12-19)21-15-28-25(27)29-23(21)20-7-4-14-30(16-20)22(31)13-8-17-5-2-1-3-6-17/h1-3,5-6,9-12,15,20H,4,7-8,13-14,16H2,(H2,26,32)(H2,27,28,29). The van der Waals surface area contributed by atoms with E-state index in [1.165, 1.54) is 5.56 Å². The Balaban J connectivity index is 1.52. The minimum absolute atomic E-state index is 0.0699. The van der Waals surface area contributed by atoms with E-state index in [4.69, 9.17) is 11.5 Å². The van der Waals surface area contributed by atoms with Gasteiger partial charge in [-0.25, -0.2) is 9.97 Å². The molecule has 0 radical (unpaired) electrons. The molecule has 2 amide bonds. The highest BCUT2D eigenvalue weighted by molar-refractivity contribution is 5.93. The van der Waals surface area contributed by atoms with Crippen LogP contribution in [-0.2, 0) is 11.2 Å². The number of hydrogen-bond donors (Lipinski definition) is 2. The molecular formula is C25H27N5O2. The number of piperidine rings is 1. The van der Waals surface area contributed by atoms with Crippen molar-refractivity contribution in [3.8, 4) is 11.1 Å². The van der Waals surface area contributed by atoms with Crippen LogP contribution in [0.25, 0.3) is 11.1 Å². The lowest BCUT2D eigenvalue weighted by Crippen LogP contribution is -2.39. The number of hydrogen-bond acceptors (Lipinski definition) is 5. The Kier molecular flexibility index (Phi) is 6.44. The predicted octanol–water partition coefficient (Wildman–Crippen LogP) is 3.16. The predicted molar refractivity (Wildman–Crippen MR) is 124 cm³/mol. The zero-order valence-electron chi connectivity index (χ0n) is 17.9. The monoisotopic (exact) mass is 429 g/mol. The van der Waals surface area contributed by atoms with E-state index < -0.39 is 5.91 Å². The molecule has 0 spiro atoms. The van der Waals surface area contributed by atoms with Gasteiger partial charge in [0, 0.05) is 42.8 Å². The molecule has 1 saturated heterocycles. The first-order valence-electron chi connectivity index (χ1n) is 10.9. The van der Waals surface area contributed by atoms with Crippen LogP contribution in [0.2, 0.25) is 0 Å². The molecule has 4 N–H and O–H groups in total. The molecule has 1 aromatic heterocycles. The fourth-order valence-electron chi connectivity index (χ4n) is 4.24.